The summed E-state index contributed by atoms with van der Waals surface area (Å²) in [6.45, 7) is 17.5. The second-order valence-corrected chi connectivity index (χ2v) is 10.9. The van der Waals surface area contributed by atoms with Crippen molar-refractivity contribution in [3.8, 4) is 0 Å². The Kier molecular flexibility index (Phi) is 7.47. The van der Waals surface area contributed by atoms with Crippen molar-refractivity contribution in [2.24, 2.45) is 0 Å². The van der Waals surface area contributed by atoms with Crippen LogP contribution in [0.3, 0.4) is 0 Å². The Morgan fingerprint density at radius 3 is 2.21 bits per heavy atom. The minimum absolute atomic E-state index is 0.135. The van der Waals surface area contributed by atoms with E-state index in [1.807, 2.05) is 27.7 Å². The monoisotopic (exact) mass is 475 g/mol. The molecule has 188 valence electrons. The molecule has 11 heteroatoms. The molecule has 0 aromatic carbocycles. The lowest BCUT2D eigenvalue weighted by molar-refractivity contribution is -0.132. The largest absolute Gasteiger partial charge is 0.498 e. The number of ether oxygens (including phenoxy) is 1. The van der Waals surface area contributed by atoms with E-state index in [1.165, 1.54) is 0 Å². The molecule has 34 heavy (non-hydrogen) atoms. The van der Waals surface area contributed by atoms with Gasteiger partial charge in [-0.3, -0.25) is 4.79 Å². The molecule has 0 saturated carbocycles. The zero-order valence-corrected chi connectivity index (χ0v) is 21.7. The van der Waals surface area contributed by atoms with Gasteiger partial charge in [-0.2, -0.15) is 0 Å². The van der Waals surface area contributed by atoms with Crippen LogP contribution in [0.25, 0.3) is 0 Å². The smallest absolute Gasteiger partial charge is 0.444 e. The average molecular weight is 475 g/mol. The van der Waals surface area contributed by atoms with Crippen molar-refractivity contribution in [2.45, 2.75) is 84.7 Å². The zero-order chi connectivity index (χ0) is 25.3. The van der Waals surface area contributed by atoms with Crippen LogP contribution < -0.4 is 15.7 Å². The maximum atomic E-state index is 12.9. The van der Waals surface area contributed by atoms with Crippen LogP contribution in [0.1, 0.15) is 61.8 Å². The molecule has 1 aromatic heterocycles. The fourth-order valence-electron chi connectivity index (χ4n) is 3.75. The van der Waals surface area contributed by atoms with Crippen LogP contribution in [-0.4, -0.2) is 83.0 Å². The first-order valence-corrected chi connectivity index (χ1v) is 11.9. The van der Waals surface area contributed by atoms with Crippen molar-refractivity contribution in [1.82, 2.24) is 20.2 Å². The predicted molar refractivity (Wildman–Crippen MR) is 130 cm³/mol. The van der Waals surface area contributed by atoms with Gasteiger partial charge in [0.2, 0.25) is 11.9 Å². The molecule has 2 aliphatic rings. The fourth-order valence-corrected chi connectivity index (χ4v) is 3.75. The van der Waals surface area contributed by atoms with Gasteiger partial charge in [0, 0.05) is 44.0 Å². The summed E-state index contributed by atoms with van der Waals surface area (Å²) in [7, 11) is -0.504. The summed E-state index contributed by atoms with van der Waals surface area (Å²) in [4.78, 5) is 37.8. The van der Waals surface area contributed by atoms with E-state index in [1.54, 1.807) is 45.0 Å². The molecule has 0 spiro atoms. The molecule has 0 bridgehead atoms. The van der Waals surface area contributed by atoms with E-state index in [4.69, 9.17) is 14.0 Å². The Bertz CT molecular complexity index is 871. The predicted octanol–water partition coefficient (Wildman–Crippen LogP) is 1.73. The van der Waals surface area contributed by atoms with Crippen molar-refractivity contribution < 1.29 is 23.6 Å². The van der Waals surface area contributed by atoms with E-state index < -0.39 is 36.1 Å². The third-order valence-corrected chi connectivity index (χ3v) is 6.38. The molecule has 1 atom stereocenters. The van der Waals surface area contributed by atoms with Gasteiger partial charge in [0.25, 0.3) is 0 Å². The summed E-state index contributed by atoms with van der Waals surface area (Å²) in [5.41, 5.74) is -0.691. The van der Waals surface area contributed by atoms with Gasteiger partial charge in [-0.15, -0.1) is 0 Å². The van der Waals surface area contributed by atoms with Gasteiger partial charge in [-0.05, 0) is 61.8 Å². The van der Waals surface area contributed by atoms with E-state index in [-0.39, 0.29) is 5.91 Å². The molecule has 3 heterocycles. The van der Waals surface area contributed by atoms with Gasteiger partial charge >= 0.3 is 13.2 Å². The summed E-state index contributed by atoms with van der Waals surface area (Å²) < 4.78 is 17.4. The number of anilines is 1. The average Bonchev–Trinajstić information content (AvgIpc) is 2.88. The number of hydrogen-bond donors (Lipinski definition) is 1. The van der Waals surface area contributed by atoms with Crippen molar-refractivity contribution >= 4 is 30.5 Å². The van der Waals surface area contributed by atoms with Gasteiger partial charge in [0.1, 0.15) is 11.6 Å². The molecule has 0 radical (unpaired) electrons. The molecular formula is C23H38BN5O5. The summed E-state index contributed by atoms with van der Waals surface area (Å²) in [6, 6.07) is -0.670. The van der Waals surface area contributed by atoms with Crippen LogP contribution in [0.2, 0.25) is 0 Å². The zero-order valence-electron chi connectivity index (χ0n) is 21.7. The van der Waals surface area contributed by atoms with E-state index in [9.17, 15) is 9.59 Å². The lowest BCUT2D eigenvalue weighted by atomic mass is 9.81. The lowest BCUT2D eigenvalue weighted by Crippen LogP contribution is -2.49. The van der Waals surface area contributed by atoms with Crippen molar-refractivity contribution in [3.05, 3.63) is 12.4 Å². The molecule has 2 fully saturated rings. The number of carbonyl (C=O) groups is 2. The first kappa shape index (κ1) is 26.2. The fraction of sp³-hybridized carbons (Fsp3) is 0.739. The molecule has 1 N–H and O–H groups in total. The maximum absolute atomic E-state index is 12.9. The number of rotatable bonds is 4. The Morgan fingerprint density at radius 2 is 1.65 bits per heavy atom. The van der Waals surface area contributed by atoms with Crippen molar-refractivity contribution in [1.29, 1.82) is 0 Å². The van der Waals surface area contributed by atoms with Crippen LogP contribution in [0.4, 0.5) is 10.7 Å². The molecule has 3 rings (SSSR count). The van der Waals surface area contributed by atoms with E-state index in [0.717, 1.165) is 18.4 Å². The van der Waals surface area contributed by atoms with E-state index in [2.05, 4.69) is 20.2 Å². The quantitative estimate of drug-likeness (QED) is 0.657. The lowest BCUT2D eigenvalue weighted by Gasteiger charge is -2.32. The van der Waals surface area contributed by atoms with Crippen molar-refractivity contribution in [2.75, 3.05) is 31.1 Å². The highest BCUT2D eigenvalue weighted by Crippen LogP contribution is 2.36. The van der Waals surface area contributed by atoms with E-state index >= 15 is 0 Å². The summed E-state index contributed by atoms with van der Waals surface area (Å²) >= 11 is 0. The first-order chi connectivity index (χ1) is 15.7. The summed E-state index contributed by atoms with van der Waals surface area (Å²) in [5.74, 6) is 0.472. The van der Waals surface area contributed by atoms with Gasteiger partial charge < -0.3 is 29.2 Å². The number of carbonyl (C=O) groups excluding carboxylic acids is 2. The molecule has 2 aliphatic heterocycles. The highest BCUT2D eigenvalue weighted by atomic mass is 16.7. The minimum Gasteiger partial charge on any atom is -0.444 e. The Morgan fingerprint density at radius 1 is 1.06 bits per heavy atom. The summed E-state index contributed by atoms with van der Waals surface area (Å²) in [5, 5.41) is 2.63. The Hall–Kier alpha value is -2.40. The van der Waals surface area contributed by atoms with Crippen LogP contribution in [0.15, 0.2) is 12.4 Å². The number of amides is 2. The summed E-state index contributed by atoms with van der Waals surface area (Å²) in [6.07, 6.45) is 3.66. The number of aromatic nitrogens is 2. The topological polar surface area (TPSA) is 106 Å². The first-order valence-electron chi connectivity index (χ1n) is 11.9. The molecule has 1 aromatic rings. The normalized spacial score (nSPS) is 21.1. The van der Waals surface area contributed by atoms with Crippen LogP contribution in [0.5, 0.6) is 0 Å². The third-order valence-electron chi connectivity index (χ3n) is 6.38. The van der Waals surface area contributed by atoms with Gasteiger partial charge in [0.15, 0.2) is 0 Å². The van der Waals surface area contributed by atoms with Gasteiger partial charge in [0.05, 0.1) is 11.2 Å². The second-order valence-electron chi connectivity index (χ2n) is 10.9. The Balaban J connectivity index is 1.56. The molecule has 2 amide bonds. The van der Waals surface area contributed by atoms with Crippen molar-refractivity contribution in [3.63, 3.8) is 0 Å². The minimum atomic E-state index is -0.670. The number of alkyl carbamates (subject to hydrolysis) is 1. The number of nitrogens with one attached hydrogen (secondary N) is 1. The maximum Gasteiger partial charge on any atom is 0.498 e. The SMILES string of the molecule is CC(NC(=O)OC(C)(C)C)C(=O)N1CCCN(c2ncc(B3OC(C)(C)C(C)(C)O3)cn2)CC1. The molecular weight excluding hydrogens is 437 g/mol. The second kappa shape index (κ2) is 9.69. The highest BCUT2D eigenvalue weighted by Gasteiger charge is 2.52. The highest BCUT2D eigenvalue weighted by molar-refractivity contribution is 6.61. The van der Waals surface area contributed by atoms with Crippen LogP contribution >= 0.6 is 0 Å². The molecule has 1 unspecified atom stereocenters. The molecule has 10 nitrogen and oxygen atoms in total. The van der Waals surface area contributed by atoms with Crippen LogP contribution in [0, 0.1) is 0 Å². The van der Waals surface area contributed by atoms with Gasteiger partial charge in [-0.1, -0.05) is 0 Å². The molecule has 2 saturated heterocycles. The van der Waals surface area contributed by atoms with Gasteiger partial charge in [-0.25, -0.2) is 14.8 Å². The molecule has 0 aliphatic carbocycles. The third kappa shape index (κ3) is 6.18. The number of hydrogen-bond acceptors (Lipinski definition) is 8. The van der Waals surface area contributed by atoms with E-state index in [0.29, 0.717) is 25.6 Å². The van der Waals surface area contributed by atoms with Crippen LogP contribution in [-0.2, 0) is 18.8 Å². The Labute approximate surface area is 202 Å². The standard InChI is InChI=1S/C23H38BN5O5/c1-16(27-20(31)32-21(2,3)4)18(30)28-10-9-11-29(13-12-28)19-25-14-17(15-26-19)24-33-22(5,6)23(7,8)34-24/h14-16H,9-13H2,1-8H3,(H,27,31). The number of nitrogens with zero attached hydrogens (tertiary/aromatic N) is 4.